The minimum absolute atomic E-state index is 0.00208. The molecule has 2 N–H and O–H groups in total. The van der Waals surface area contributed by atoms with Gasteiger partial charge in [-0.15, -0.1) is 0 Å². The second-order valence-electron chi connectivity index (χ2n) is 4.69. The second-order valence-corrected chi connectivity index (χ2v) is 4.69. The number of rotatable bonds is 5. The SMILES string of the molecule is CCCC(C)N(C)C(C)c1c(O)cccc1O. The molecule has 3 heteroatoms. The van der Waals surface area contributed by atoms with E-state index in [-0.39, 0.29) is 17.5 Å². The van der Waals surface area contributed by atoms with Crippen LogP contribution in [0.5, 0.6) is 11.5 Å². The number of aromatic hydroxyl groups is 2. The molecule has 1 aromatic carbocycles. The Kier molecular flexibility index (Phi) is 4.82. The van der Waals surface area contributed by atoms with Crippen LogP contribution in [0.2, 0.25) is 0 Å². The first-order chi connectivity index (χ1) is 7.99. The van der Waals surface area contributed by atoms with Crippen LogP contribution >= 0.6 is 0 Å². The highest BCUT2D eigenvalue weighted by Crippen LogP contribution is 2.35. The molecule has 0 fully saturated rings. The van der Waals surface area contributed by atoms with Gasteiger partial charge in [-0.3, -0.25) is 4.90 Å². The molecule has 1 rings (SSSR count). The Bertz CT molecular complexity index is 345. The van der Waals surface area contributed by atoms with E-state index in [0.717, 1.165) is 12.8 Å². The minimum Gasteiger partial charge on any atom is -0.507 e. The van der Waals surface area contributed by atoms with E-state index in [0.29, 0.717) is 11.6 Å². The first-order valence-corrected chi connectivity index (χ1v) is 6.21. The molecule has 0 aromatic heterocycles. The monoisotopic (exact) mass is 237 g/mol. The molecule has 3 nitrogen and oxygen atoms in total. The fourth-order valence-corrected chi connectivity index (χ4v) is 2.18. The van der Waals surface area contributed by atoms with Gasteiger partial charge in [0.25, 0.3) is 0 Å². The van der Waals surface area contributed by atoms with Crippen LogP contribution in [0, 0.1) is 0 Å². The van der Waals surface area contributed by atoms with Crippen LogP contribution < -0.4 is 0 Å². The van der Waals surface area contributed by atoms with Crippen molar-refractivity contribution in [2.24, 2.45) is 0 Å². The molecule has 0 aliphatic carbocycles. The highest BCUT2D eigenvalue weighted by molar-refractivity contribution is 5.44. The molecule has 0 radical (unpaired) electrons. The Hall–Kier alpha value is -1.22. The lowest BCUT2D eigenvalue weighted by Crippen LogP contribution is -2.31. The van der Waals surface area contributed by atoms with E-state index in [1.165, 1.54) is 0 Å². The zero-order valence-electron chi connectivity index (χ0n) is 11.1. The molecule has 0 aliphatic heterocycles. The van der Waals surface area contributed by atoms with Crippen molar-refractivity contribution in [3.8, 4) is 11.5 Å². The van der Waals surface area contributed by atoms with Crippen LogP contribution in [0.1, 0.15) is 45.2 Å². The second kappa shape index (κ2) is 5.92. The molecule has 0 spiro atoms. The molecule has 17 heavy (non-hydrogen) atoms. The van der Waals surface area contributed by atoms with Crippen molar-refractivity contribution in [2.75, 3.05) is 7.05 Å². The fourth-order valence-electron chi connectivity index (χ4n) is 2.18. The molecule has 2 atom stereocenters. The Morgan fingerprint density at radius 3 is 2.18 bits per heavy atom. The molecule has 0 saturated carbocycles. The number of phenolic OH excluding ortho intramolecular Hbond substituents is 2. The predicted octanol–water partition coefficient (Wildman–Crippen LogP) is 3.28. The van der Waals surface area contributed by atoms with Crippen molar-refractivity contribution >= 4 is 0 Å². The molecule has 1 aromatic rings. The van der Waals surface area contributed by atoms with Gasteiger partial charge in [-0.2, -0.15) is 0 Å². The van der Waals surface area contributed by atoms with Gasteiger partial charge in [0.15, 0.2) is 0 Å². The maximum Gasteiger partial charge on any atom is 0.124 e. The average molecular weight is 237 g/mol. The number of nitrogens with zero attached hydrogens (tertiary/aromatic N) is 1. The highest BCUT2D eigenvalue weighted by Gasteiger charge is 2.21. The summed E-state index contributed by atoms with van der Waals surface area (Å²) in [5.74, 6) is 0.320. The van der Waals surface area contributed by atoms with E-state index >= 15 is 0 Å². The van der Waals surface area contributed by atoms with Crippen LogP contribution in [-0.4, -0.2) is 28.2 Å². The van der Waals surface area contributed by atoms with Gasteiger partial charge in [0.1, 0.15) is 11.5 Å². The third kappa shape index (κ3) is 3.13. The van der Waals surface area contributed by atoms with Gasteiger partial charge in [0.05, 0.1) is 5.56 Å². The van der Waals surface area contributed by atoms with Crippen molar-refractivity contribution in [3.05, 3.63) is 23.8 Å². The number of hydrogen-bond acceptors (Lipinski definition) is 3. The summed E-state index contributed by atoms with van der Waals surface area (Å²) < 4.78 is 0. The summed E-state index contributed by atoms with van der Waals surface area (Å²) in [4.78, 5) is 2.18. The van der Waals surface area contributed by atoms with Crippen molar-refractivity contribution in [2.45, 2.75) is 45.7 Å². The van der Waals surface area contributed by atoms with E-state index in [2.05, 4.69) is 18.7 Å². The molecular formula is C14H23NO2. The third-order valence-corrected chi connectivity index (χ3v) is 3.49. The van der Waals surface area contributed by atoms with Gasteiger partial charge in [-0.25, -0.2) is 0 Å². The molecule has 0 heterocycles. The lowest BCUT2D eigenvalue weighted by atomic mass is 10.0. The Labute approximate surface area is 104 Å². The summed E-state index contributed by atoms with van der Waals surface area (Å²) in [5.41, 5.74) is 0.609. The molecule has 96 valence electrons. The summed E-state index contributed by atoms with van der Waals surface area (Å²) in [7, 11) is 2.02. The summed E-state index contributed by atoms with van der Waals surface area (Å²) in [6.45, 7) is 6.32. The molecule has 2 unspecified atom stereocenters. The van der Waals surface area contributed by atoms with Crippen LogP contribution in [0.25, 0.3) is 0 Å². The topological polar surface area (TPSA) is 43.7 Å². The minimum atomic E-state index is -0.00208. The van der Waals surface area contributed by atoms with E-state index in [9.17, 15) is 10.2 Å². The van der Waals surface area contributed by atoms with Gasteiger partial charge >= 0.3 is 0 Å². The highest BCUT2D eigenvalue weighted by atomic mass is 16.3. The van der Waals surface area contributed by atoms with Crippen LogP contribution in [0.3, 0.4) is 0 Å². The van der Waals surface area contributed by atoms with Crippen molar-refractivity contribution < 1.29 is 10.2 Å². The first kappa shape index (κ1) is 13.8. The Morgan fingerprint density at radius 2 is 1.71 bits per heavy atom. The van der Waals surface area contributed by atoms with E-state index in [1.807, 2.05) is 14.0 Å². The quantitative estimate of drug-likeness (QED) is 0.826. The number of phenols is 2. The normalized spacial score (nSPS) is 14.9. The fraction of sp³-hybridized carbons (Fsp3) is 0.571. The van der Waals surface area contributed by atoms with E-state index < -0.39 is 0 Å². The van der Waals surface area contributed by atoms with Crippen molar-refractivity contribution in [1.29, 1.82) is 0 Å². The van der Waals surface area contributed by atoms with Crippen LogP contribution in [-0.2, 0) is 0 Å². The summed E-state index contributed by atoms with van der Waals surface area (Å²) >= 11 is 0. The van der Waals surface area contributed by atoms with Gasteiger partial charge in [0, 0.05) is 12.1 Å². The third-order valence-electron chi connectivity index (χ3n) is 3.49. The van der Waals surface area contributed by atoms with Crippen LogP contribution in [0.4, 0.5) is 0 Å². The van der Waals surface area contributed by atoms with Crippen LogP contribution in [0.15, 0.2) is 18.2 Å². The molecular weight excluding hydrogens is 214 g/mol. The molecule has 0 aliphatic rings. The predicted molar refractivity (Wildman–Crippen MR) is 70.3 cm³/mol. The summed E-state index contributed by atoms with van der Waals surface area (Å²) in [5, 5.41) is 19.7. The molecule has 0 amide bonds. The largest absolute Gasteiger partial charge is 0.507 e. The van der Waals surface area contributed by atoms with E-state index in [1.54, 1.807) is 18.2 Å². The van der Waals surface area contributed by atoms with Gasteiger partial charge < -0.3 is 10.2 Å². The number of hydrogen-bond donors (Lipinski definition) is 2. The van der Waals surface area contributed by atoms with Crippen molar-refractivity contribution in [3.63, 3.8) is 0 Å². The molecule has 0 saturated heterocycles. The van der Waals surface area contributed by atoms with Gasteiger partial charge in [-0.1, -0.05) is 19.4 Å². The zero-order chi connectivity index (χ0) is 13.0. The number of benzene rings is 1. The smallest absolute Gasteiger partial charge is 0.124 e. The summed E-state index contributed by atoms with van der Waals surface area (Å²) in [6.07, 6.45) is 2.24. The van der Waals surface area contributed by atoms with E-state index in [4.69, 9.17) is 0 Å². The zero-order valence-corrected chi connectivity index (χ0v) is 11.1. The first-order valence-electron chi connectivity index (χ1n) is 6.21. The maximum atomic E-state index is 9.84. The van der Waals surface area contributed by atoms with Gasteiger partial charge in [-0.05, 0) is 39.4 Å². The average Bonchev–Trinajstić information content (AvgIpc) is 2.27. The standard InChI is InChI=1S/C14H23NO2/c1-5-7-10(2)15(4)11(3)14-12(16)8-6-9-13(14)17/h6,8-11,16-17H,5,7H2,1-4H3. The lowest BCUT2D eigenvalue weighted by Gasteiger charge is -2.31. The Morgan fingerprint density at radius 1 is 1.18 bits per heavy atom. The molecule has 0 bridgehead atoms. The lowest BCUT2D eigenvalue weighted by molar-refractivity contribution is 0.182. The van der Waals surface area contributed by atoms with Gasteiger partial charge in [0.2, 0.25) is 0 Å². The Balaban J connectivity index is 2.92. The maximum absolute atomic E-state index is 9.84. The van der Waals surface area contributed by atoms with Crippen molar-refractivity contribution in [1.82, 2.24) is 4.90 Å². The summed E-state index contributed by atoms with van der Waals surface area (Å²) in [6, 6.07) is 5.30.